The molecule has 0 radical (unpaired) electrons. The molecule has 0 aliphatic rings. The van der Waals surface area contributed by atoms with Gasteiger partial charge in [0.2, 0.25) is 0 Å². The molecule has 0 saturated carbocycles. The fourth-order valence-corrected chi connectivity index (χ4v) is 12.1. The lowest BCUT2D eigenvalue weighted by Gasteiger charge is -1.88. The number of rotatable bonds is 0. The molecule has 0 amide bonds. The van der Waals surface area contributed by atoms with Crippen molar-refractivity contribution in [3.05, 3.63) is 185 Å². The van der Waals surface area contributed by atoms with Crippen LogP contribution in [0.5, 0.6) is 0 Å². The maximum atomic E-state index is 5.34. The van der Waals surface area contributed by atoms with E-state index in [0.717, 1.165) is 57.4 Å². The fraction of sp³-hybridized carbons (Fsp3) is 0.500. The Labute approximate surface area is 531 Å². The quantitative estimate of drug-likeness (QED) is 0.145. The molecule has 10 aromatic rings. The van der Waals surface area contributed by atoms with Gasteiger partial charge in [0, 0.05) is 51.5 Å². The summed E-state index contributed by atoms with van der Waals surface area (Å²) in [5.41, 5.74) is 22.9. The molecule has 0 atom stereocenters. The zero-order chi connectivity index (χ0) is 64.9. The summed E-state index contributed by atoms with van der Waals surface area (Å²) in [6, 6.07) is 0. The van der Waals surface area contributed by atoms with Crippen molar-refractivity contribution in [2.75, 3.05) is 0 Å². The van der Waals surface area contributed by atoms with Crippen molar-refractivity contribution in [3.63, 3.8) is 0 Å². The molecule has 10 rings (SSSR count). The van der Waals surface area contributed by atoms with Crippen LogP contribution < -0.4 is 0 Å². The van der Waals surface area contributed by atoms with Crippen LogP contribution in [0.15, 0.2) is 17.8 Å². The lowest BCUT2D eigenvalue weighted by Crippen LogP contribution is -1.73. The minimum atomic E-state index is 0.750. The molecule has 0 fully saturated rings. The summed E-state index contributed by atoms with van der Waals surface area (Å²) in [5, 5.41) is 4.91. The zero-order valence-electron chi connectivity index (χ0n) is 57.8. The molecule has 0 aromatic carbocycles. The highest BCUT2D eigenvalue weighted by molar-refractivity contribution is 7.12. The van der Waals surface area contributed by atoms with E-state index < -0.39 is 0 Å². The number of thiazole rings is 1. The first-order valence-corrected chi connectivity index (χ1v) is 33.1. The van der Waals surface area contributed by atoms with E-state index in [0.29, 0.717) is 0 Å². The van der Waals surface area contributed by atoms with Gasteiger partial charge in [-0.3, -0.25) is 0 Å². The molecule has 0 bridgehead atoms. The van der Waals surface area contributed by atoms with E-state index >= 15 is 0 Å². The Bertz CT molecular complexity index is 2960. The molecular formula is C68H102N6O4S6. The Hall–Kier alpha value is -5.10. The van der Waals surface area contributed by atoms with E-state index in [1.807, 2.05) is 127 Å². The third-order valence-electron chi connectivity index (χ3n) is 15.5. The van der Waals surface area contributed by atoms with Gasteiger partial charge in [-0.1, -0.05) is 5.16 Å². The van der Waals surface area contributed by atoms with Gasteiger partial charge in [0.15, 0.2) is 5.89 Å². The minimum absolute atomic E-state index is 0.750. The number of hydrogen-bond acceptors (Lipinski definition) is 16. The number of thiophene rings is 2. The number of hydrogen-bond donors (Lipinski definition) is 0. The first-order valence-electron chi connectivity index (χ1n) is 28.3. The topological polar surface area (TPSA) is 130 Å². The van der Waals surface area contributed by atoms with E-state index in [9.17, 15) is 0 Å². The van der Waals surface area contributed by atoms with Crippen molar-refractivity contribution in [2.24, 2.45) is 0 Å². The van der Waals surface area contributed by atoms with Crippen LogP contribution in [0.25, 0.3) is 0 Å². The molecular weight excluding hydrogens is 1160 g/mol. The van der Waals surface area contributed by atoms with Crippen LogP contribution in [0, 0.1) is 235 Å². The van der Waals surface area contributed by atoms with Crippen molar-refractivity contribution >= 4 is 68.6 Å². The number of oxazole rings is 1. The average Bonchev–Trinajstić information content (AvgIpc) is 4.39. The minimum Gasteiger partial charge on any atom is -0.466 e. The predicted molar refractivity (Wildman–Crippen MR) is 369 cm³/mol. The molecule has 0 spiro atoms. The van der Waals surface area contributed by atoms with Crippen LogP contribution in [0.3, 0.4) is 0 Å². The van der Waals surface area contributed by atoms with E-state index in [4.69, 9.17) is 17.8 Å². The lowest BCUT2D eigenvalue weighted by atomic mass is 10.2. The Morgan fingerprint density at radius 1 is 0.226 bits per heavy atom. The smallest absolute Gasteiger partial charge is 0.191 e. The molecule has 16 heteroatoms. The van der Waals surface area contributed by atoms with Gasteiger partial charge in [-0.2, -0.15) is 13.1 Å². The van der Waals surface area contributed by atoms with Gasteiger partial charge in [0.05, 0.1) is 39.2 Å². The average molecular weight is 1260 g/mol. The second-order valence-corrected chi connectivity index (χ2v) is 28.6. The molecule has 464 valence electrons. The highest BCUT2D eigenvalue weighted by Gasteiger charge is 2.07. The van der Waals surface area contributed by atoms with Crippen LogP contribution in [0.2, 0.25) is 0 Å². The molecule has 10 heterocycles. The monoisotopic (exact) mass is 1260 g/mol. The van der Waals surface area contributed by atoms with Gasteiger partial charge in [0.25, 0.3) is 0 Å². The zero-order valence-corrected chi connectivity index (χ0v) is 62.7. The number of aryl methyl sites for hydroxylation is 22. The Morgan fingerprint density at radius 3 is 0.607 bits per heavy atom. The van der Waals surface area contributed by atoms with Gasteiger partial charge in [0.1, 0.15) is 34.6 Å². The summed E-state index contributed by atoms with van der Waals surface area (Å²) < 4.78 is 33.1. The first-order chi connectivity index (χ1) is 38.8. The molecule has 84 heavy (non-hydrogen) atoms. The SMILES string of the molecule is Cc1nc(C)c(C)o1.Cc1nc(C)c(C)s1.Cc1noc(C)c1C.Cc1nsc(C)c1C.Cc1nsc(C)c1C.Cc1nsc(C)c1C.Cc1oc(C)c(C)c1C.Cc1oc(C)c(C)c1C.Cc1sc(C)c(C)c1C.Cc1sc(C)c(C)c1C. The van der Waals surface area contributed by atoms with E-state index in [-0.39, 0.29) is 0 Å². The molecule has 0 aliphatic carbocycles. The predicted octanol–water partition coefficient (Wildman–Crippen LogP) is 22.5. The number of aromatic nitrogens is 6. The summed E-state index contributed by atoms with van der Waals surface area (Å²) in [6.07, 6.45) is 0. The van der Waals surface area contributed by atoms with Crippen molar-refractivity contribution in [1.29, 1.82) is 0 Å². The van der Waals surface area contributed by atoms with Crippen molar-refractivity contribution in [2.45, 2.75) is 235 Å². The van der Waals surface area contributed by atoms with E-state index in [2.05, 4.69) is 160 Å². The lowest BCUT2D eigenvalue weighted by molar-refractivity contribution is 0.392. The number of nitrogens with zero attached hydrogens (tertiary/aromatic N) is 6. The molecule has 0 saturated heterocycles. The summed E-state index contributed by atoms with van der Waals surface area (Å²) in [6.45, 7) is 70.2. The third kappa shape index (κ3) is 24.3. The van der Waals surface area contributed by atoms with Crippen molar-refractivity contribution < 1.29 is 17.8 Å². The Balaban J connectivity index is 0.000000467. The molecule has 10 nitrogen and oxygen atoms in total. The first kappa shape index (κ1) is 76.9. The fourth-order valence-electron chi connectivity index (χ4n) is 7.02. The maximum Gasteiger partial charge on any atom is 0.191 e. The molecule has 0 N–H and O–H groups in total. The van der Waals surface area contributed by atoms with Gasteiger partial charge >= 0.3 is 0 Å². The highest BCUT2D eigenvalue weighted by atomic mass is 32.1. The van der Waals surface area contributed by atoms with Crippen LogP contribution in [-0.2, 0) is 0 Å². The van der Waals surface area contributed by atoms with Crippen LogP contribution >= 0.6 is 68.6 Å². The summed E-state index contributed by atoms with van der Waals surface area (Å²) >= 11 is 10.3. The Kier molecular flexibility index (Phi) is 33.1. The maximum absolute atomic E-state index is 5.34. The van der Waals surface area contributed by atoms with Crippen molar-refractivity contribution in [3.8, 4) is 0 Å². The second-order valence-electron chi connectivity index (χ2n) is 21.4. The van der Waals surface area contributed by atoms with Gasteiger partial charge < -0.3 is 17.8 Å². The van der Waals surface area contributed by atoms with Crippen LogP contribution in [0.1, 0.15) is 185 Å². The van der Waals surface area contributed by atoms with Crippen LogP contribution in [0.4, 0.5) is 0 Å². The second kappa shape index (κ2) is 36.1. The summed E-state index contributed by atoms with van der Waals surface area (Å²) in [7, 11) is 0. The van der Waals surface area contributed by atoms with Crippen LogP contribution in [-0.4, -0.2) is 28.2 Å². The Morgan fingerprint density at radius 2 is 0.536 bits per heavy atom. The number of furan rings is 2. The molecule has 10 aromatic heterocycles. The molecule has 0 unspecified atom stereocenters. The third-order valence-corrected chi connectivity index (χ3v) is 21.8. The van der Waals surface area contributed by atoms with Gasteiger partial charge in [-0.15, -0.1) is 34.0 Å². The van der Waals surface area contributed by atoms with E-state index in [1.165, 1.54) is 128 Å². The molecule has 0 aliphatic heterocycles. The normalized spacial score (nSPS) is 10.0. The highest BCUT2D eigenvalue weighted by Crippen LogP contribution is 2.26. The van der Waals surface area contributed by atoms with Gasteiger partial charge in [-0.05, 0) is 324 Å². The van der Waals surface area contributed by atoms with E-state index in [1.54, 1.807) is 45.9 Å². The summed E-state index contributed by atoms with van der Waals surface area (Å²) in [5.74, 6) is 6.77. The van der Waals surface area contributed by atoms with Crippen molar-refractivity contribution in [1.82, 2.24) is 28.2 Å². The largest absolute Gasteiger partial charge is 0.466 e. The van der Waals surface area contributed by atoms with Gasteiger partial charge in [-0.25, -0.2) is 9.97 Å². The standard InChI is InChI=1S/2C8H12O.2C8H12S.2C6H9NO.4C6H9NS/c4*1-5-6(2)8(4)9-7(5)3;1-4-5(2)8-6(3)7-4;1-4-5(2)7-8-6(4)3;1-4-5(2)8-6(3)7-4;3*1-4-5(2)7-8-6(4)3/h4*1-4H3;6*1-3H3. The summed E-state index contributed by atoms with van der Waals surface area (Å²) in [4.78, 5) is 19.5.